The van der Waals surface area contributed by atoms with Crippen LogP contribution in [0.3, 0.4) is 0 Å². The van der Waals surface area contributed by atoms with Crippen LogP contribution in [-0.4, -0.2) is 19.1 Å². The van der Waals surface area contributed by atoms with Gasteiger partial charge in [-0.15, -0.1) is 0 Å². The largest absolute Gasteiger partial charge is 0.324 e. The van der Waals surface area contributed by atoms with Crippen LogP contribution in [0.25, 0.3) is 22.1 Å². The molecule has 6 rings (SSSR count). The van der Waals surface area contributed by atoms with Crippen molar-refractivity contribution < 1.29 is 8.78 Å². The summed E-state index contributed by atoms with van der Waals surface area (Å²) >= 11 is 0. The second kappa shape index (κ2) is 7.94. The zero-order valence-corrected chi connectivity index (χ0v) is 18.3. The monoisotopic (exact) mass is 438 g/mol. The highest BCUT2D eigenvalue weighted by atomic mass is 19.1. The molecule has 32 heavy (non-hydrogen) atoms. The van der Waals surface area contributed by atoms with E-state index < -0.39 is 0 Å². The highest BCUT2D eigenvalue weighted by Crippen LogP contribution is 2.40. The molecule has 0 bridgehead atoms. The number of nitrogens with two attached hydrogens (primary N) is 2. The van der Waals surface area contributed by atoms with Crippen LogP contribution in [-0.2, 0) is 0 Å². The molecule has 6 nitrogen and oxygen atoms in total. The Hall–Kier alpha value is -2.84. The third-order valence-electron chi connectivity index (χ3n) is 6.00. The molecule has 2 aromatic carbocycles. The number of fused-ring (bicyclic) bond motifs is 2. The molecule has 4 aromatic rings. The number of nitrogens with zero attached hydrogens (tertiary/aromatic N) is 4. The van der Waals surface area contributed by atoms with Crippen molar-refractivity contribution in [2.75, 3.05) is 0 Å². The number of hydrogen-bond donors (Lipinski definition) is 2. The van der Waals surface area contributed by atoms with E-state index in [4.69, 9.17) is 11.5 Å². The fourth-order valence-electron chi connectivity index (χ4n) is 4.25. The Labute approximate surface area is 185 Å². The van der Waals surface area contributed by atoms with Crippen molar-refractivity contribution in [2.24, 2.45) is 11.5 Å². The van der Waals surface area contributed by atoms with Crippen molar-refractivity contribution in [1.29, 1.82) is 0 Å². The van der Waals surface area contributed by atoms with E-state index in [2.05, 4.69) is 19.1 Å². The maximum absolute atomic E-state index is 13.2. The molecule has 168 valence electrons. The van der Waals surface area contributed by atoms with Gasteiger partial charge in [0, 0.05) is 18.2 Å². The highest BCUT2D eigenvalue weighted by Gasteiger charge is 2.30. The zero-order chi connectivity index (χ0) is 22.6. The van der Waals surface area contributed by atoms with Crippen LogP contribution in [0, 0.1) is 11.6 Å². The maximum atomic E-state index is 13.2. The van der Waals surface area contributed by atoms with Gasteiger partial charge in [0.2, 0.25) is 0 Å². The number of benzene rings is 2. The van der Waals surface area contributed by atoms with Crippen molar-refractivity contribution in [3.63, 3.8) is 0 Å². The van der Waals surface area contributed by atoms with Gasteiger partial charge in [-0.3, -0.25) is 0 Å². The summed E-state index contributed by atoms with van der Waals surface area (Å²) in [5, 5.41) is 0. The van der Waals surface area contributed by atoms with E-state index in [-0.39, 0.29) is 23.7 Å². The molecule has 2 heterocycles. The summed E-state index contributed by atoms with van der Waals surface area (Å²) in [6, 6.07) is 10.2. The van der Waals surface area contributed by atoms with Crippen molar-refractivity contribution in [3.05, 3.63) is 59.7 Å². The summed E-state index contributed by atoms with van der Waals surface area (Å²) in [6.45, 7) is 3.83. The second-order valence-corrected chi connectivity index (χ2v) is 8.99. The van der Waals surface area contributed by atoms with Gasteiger partial charge in [-0.05, 0) is 69.9 Å². The van der Waals surface area contributed by atoms with Gasteiger partial charge in [-0.2, -0.15) is 0 Å². The molecule has 2 fully saturated rings. The predicted octanol–water partition coefficient (Wildman–Crippen LogP) is 5.06. The lowest BCUT2D eigenvalue weighted by Gasteiger charge is -2.09. The van der Waals surface area contributed by atoms with Crippen LogP contribution < -0.4 is 11.5 Å². The summed E-state index contributed by atoms with van der Waals surface area (Å²) in [5.74, 6) is 1.26. The van der Waals surface area contributed by atoms with E-state index in [0.29, 0.717) is 17.6 Å². The minimum Gasteiger partial charge on any atom is -0.324 e. The lowest BCUT2D eigenvalue weighted by atomic mass is 10.3. The number of aromatic nitrogens is 4. The van der Waals surface area contributed by atoms with Gasteiger partial charge in [0.15, 0.2) is 0 Å². The van der Waals surface area contributed by atoms with Gasteiger partial charge in [0.05, 0.1) is 34.2 Å². The van der Waals surface area contributed by atoms with E-state index in [1.165, 1.54) is 31.0 Å². The second-order valence-electron chi connectivity index (χ2n) is 8.99. The minimum absolute atomic E-state index is 0.115. The molecule has 8 heteroatoms. The van der Waals surface area contributed by atoms with Gasteiger partial charge in [0.25, 0.3) is 0 Å². The number of imidazole rings is 2. The summed E-state index contributed by atoms with van der Waals surface area (Å²) in [7, 11) is 0. The minimum atomic E-state index is -0.246. The Balaban J connectivity index is 0.000000135. The Kier molecular flexibility index (Phi) is 5.22. The molecule has 0 amide bonds. The third kappa shape index (κ3) is 3.89. The van der Waals surface area contributed by atoms with Crippen LogP contribution in [0.5, 0.6) is 0 Å². The molecule has 2 saturated carbocycles. The van der Waals surface area contributed by atoms with E-state index in [1.54, 1.807) is 18.2 Å². The lowest BCUT2D eigenvalue weighted by Crippen LogP contribution is -2.12. The molecule has 0 spiro atoms. The van der Waals surface area contributed by atoms with Crippen molar-refractivity contribution in [1.82, 2.24) is 19.1 Å². The molecule has 2 aromatic heterocycles. The number of halogens is 2. The Morgan fingerprint density at radius 2 is 1.25 bits per heavy atom. The quantitative estimate of drug-likeness (QED) is 0.466. The first-order chi connectivity index (χ1) is 15.3. The SMILES string of the molecule is C[C@H](N)c1nc2cc(F)ccc2n1C1CC1.C[C@H](N)c1nc2ccc(F)cc2n1C1CC1. The first-order valence-electron chi connectivity index (χ1n) is 11.2. The summed E-state index contributed by atoms with van der Waals surface area (Å²) in [5.41, 5.74) is 15.2. The van der Waals surface area contributed by atoms with Crippen LogP contribution in [0.2, 0.25) is 0 Å². The Morgan fingerprint density at radius 1 is 0.750 bits per heavy atom. The van der Waals surface area contributed by atoms with Crippen LogP contribution in [0.1, 0.15) is 75.3 Å². The highest BCUT2D eigenvalue weighted by molar-refractivity contribution is 5.77. The average molecular weight is 439 g/mol. The van der Waals surface area contributed by atoms with Gasteiger partial charge >= 0.3 is 0 Å². The van der Waals surface area contributed by atoms with E-state index in [1.807, 2.05) is 13.8 Å². The van der Waals surface area contributed by atoms with Gasteiger partial charge in [0.1, 0.15) is 23.3 Å². The van der Waals surface area contributed by atoms with Crippen LogP contribution in [0.4, 0.5) is 8.78 Å². The van der Waals surface area contributed by atoms with Gasteiger partial charge in [-0.25, -0.2) is 18.7 Å². The molecular weight excluding hydrogens is 410 g/mol. The van der Waals surface area contributed by atoms with E-state index >= 15 is 0 Å². The van der Waals surface area contributed by atoms with E-state index in [9.17, 15) is 8.78 Å². The van der Waals surface area contributed by atoms with Gasteiger partial charge in [-0.1, -0.05) is 0 Å². The predicted molar refractivity (Wildman–Crippen MR) is 121 cm³/mol. The van der Waals surface area contributed by atoms with Crippen molar-refractivity contribution in [3.8, 4) is 0 Å². The lowest BCUT2D eigenvalue weighted by molar-refractivity contribution is 0.622. The van der Waals surface area contributed by atoms with Crippen molar-refractivity contribution in [2.45, 2.75) is 63.7 Å². The smallest absolute Gasteiger partial charge is 0.126 e. The molecule has 0 saturated heterocycles. The summed E-state index contributed by atoms with van der Waals surface area (Å²) in [4.78, 5) is 8.92. The first kappa shape index (κ1) is 21.0. The molecule has 2 aliphatic carbocycles. The zero-order valence-electron chi connectivity index (χ0n) is 18.3. The maximum Gasteiger partial charge on any atom is 0.126 e. The van der Waals surface area contributed by atoms with Crippen LogP contribution in [0.15, 0.2) is 36.4 Å². The molecule has 2 aliphatic rings. The average Bonchev–Trinajstić information content (AvgIpc) is 3.68. The fraction of sp³-hybridized carbons (Fsp3) is 0.417. The fourth-order valence-corrected chi connectivity index (χ4v) is 4.25. The topological polar surface area (TPSA) is 87.7 Å². The van der Waals surface area contributed by atoms with Crippen LogP contribution >= 0.6 is 0 Å². The molecular formula is C24H28F2N6. The molecule has 0 radical (unpaired) electrons. The van der Waals surface area contributed by atoms with E-state index in [0.717, 1.165) is 41.0 Å². The summed E-state index contributed by atoms with van der Waals surface area (Å²) < 4.78 is 30.6. The molecule has 2 atom stereocenters. The molecule has 0 unspecified atom stereocenters. The Morgan fingerprint density at radius 3 is 1.81 bits per heavy atom. The molecule has 4 N–H and O–H groups in total. The Bertz CT molecular complexity index is 1270. The number of rotatable bonds is 4. The van der Waals surface area contributed by atoms with Gasteiger partial charge < -0.3 is 20.6 Å². The first-order valence-corrected chi connectivity index (χ1v) is 11.2. The number of hydrogen-bond acceptors (Lipinski definition) is 4. The normalized spacial score (nSPS) is 17.9. The summed E-state index contributed by atoms with van der Waals surface area (Å²) in [6.07, 6.45) is 4.62. The third-order valence-corrected chi connectivity index (χ3v) is 6.00. The standard InChI is InChI=1S/2C12H14FN3/c1-7(14)12-15-10-6-8(13)2-5-11(10)16(12)9-3-4-9;1-7(14)12-15-10-5-2-8(13)6-11(10)16(12)9-3-4-9/h2*2,5-7,9H,3-4,14H2,1H3/t2*7-/m00/s1. The molecule has 0 aliphatic heterocycles. The van der Waals surface area contributed by atoms with Crippen molar-refractivity contribution >= 4 is 22.1 Å².